The molecule has 0 amide bonds. The van der Waals surface area contributed by atoms with Gasteiger partial charge in [-0.05, 0) is 37.2 Å². The Labute approximate surface area is 116 Å². The van der Waals surface area contributed by atoms with Crippen LogP contribution in [0.15, 0.2) is 6.07 Å². The second-order valence-corrected chi connectivity index (χ2v) is 5.58. The van der Waals surface area contributed by atoms with Gasteiger partial charge in [-0.25, -0.2) is 0 Å². The third kappa shape index (κ3) is 2.25. The van der Waals surface area contributed by atoms with E-state index in [1.807, 2.05) is 6.92 Å². The molecule has 1 unspecified atom stereocenters. The van der Waals surface area contributed by atoms with Crippen molar-refractivity contribution < 1.29 is 19.4 Å². The van der Waals surface area contributed by atoms with E-state index in [4.69, 9.17) is 26.2 Å². The number of ether oxygens (including phenoxy) is 2. The van der Waals surface area contributed by atoms with Crippen LogP contribution in [0, 0.1) is 12.8 Å². The SMILES string of the molecule is Cc1c2c(cc(Cl)c1C(CC(=O)O)C1CC1)OCO2. The van der Waals surface area contributed by atoms with Crippen LogP contribution in [0.5, 0.6) is 11.5 Å². The van der Waals surface area contributed by atoms with Crippen molar-refractivity contribution >= 4 is 17.6 Å². The largest absolute Gasteiger partial charge is 0.481 e. The molecule has 4 nitrogen and oxygen atoms in total. The molecule has 1 aliphatic heterocycles. The maximum atomic E-state index is 11.1. The number of carbonyl (C=O) groups is 1. The van der Waals surface area contributed by atoms with E-state index < -0.39 is 5.97 Å². The monoisotopic (exact) mass is 282 g/mol. The summed E-state index contributed by atoms with van der Waals surface area (Å²) in [6, 6.07) is 1.74. The van der Waals surface area contributed by atoms with Crippen molar-refractivity contribution in [1.82, 2.24) is 0 Å². The van der Waals surface area contributed by atoms with Gasteiger partial charge < -0.3 is 14.6 Å². The summed E-state index contributed by atoms with van der Waals surface area (Å²) >= 11 is 6.33. The molecule has 102 valence electrons. The molecule has 0 radical (unpaired) electrons. The van der Waals surface area contributed by atoms with Gasteiger partial charge in [0.05, 0.1) is 6.42 Å². The number of carboxylic acids is 1. The summed E-state index contributed by atoms with van der Waals surface area (Å²) in [6.45, 7) is 2.12. The minimum Gasteiger partial charge on any atom is -0.481 e. The number of rotatable bonds is 4. The van der Waals surface area contributed by atoms with Crippen molar-refractivity contribution in [3.63, 3.8) is 0 Å². The van der Waals surface area contributed by atoms with Crippen molar-refractivity contribution in [1.29, 1.82) is 0 Å². The number of hydrogen-bond acceptors (Lipinski definition) is 3. The molecule has 1 saturated carbocycles. The molecule has 5 heteroatoms. The summed E-state index contributed by atoms with van der Waals surface area (Å²) < 4.78 is 10.8. The van der Waals surface area contributed by atoms with Gasteiger partial charge in [0.15, 0.2) is 11.5 Å². The summed E-state index contributed by atoms with van der Waals surface area (Å²) in [6.07, 6.45) is 2.26. The van der Waals surface area contributed by atoms with Crippen molar-refractivity contribution in [2.45, 2.75) is 32.1 Å². The van der Waals surface area contributed by atoms with Crippen molar-refractivity contribution in [2.75, 3.05) is 6.79 Å². The van der Waals surface area contributed by atoms with Crippen LogP contribution in [0.4, 0.5) is 0 Å². The zero-order chi connectivity index (χ0) is 13.6. The summed E-state index contributed by atoms with van der Waals surface area (Å²) in [5, 5.41) is 9.68. The Morgan fingerprint density at radius 3 is 2.89 bits per heavy atom. The van der Waals surface area contributed by atoms with Gasteiger partial charge in [0, 0.05) is 16.7 Å². The molecule has 19 heavy (non-hydrogen) atoms. The summed E-state index contributed by atoms with van der Waals surface area (Å²) in [5.74, 6) is 0.962. The van der Waals surface area contributed by atoms with Gasteiger partial charge in [0.2, 0.25) is 6.79 Å². The lowest BCUT2D eigenvalue weighted by molar-refractivity contribution is -0.137. The highest BCUT2D eigenvalue weighted by molar-refractivity contribution is 6.31. The van der Waals surface area contributed by atoms with E-state index in [1.54, 1.807) is 6.07 Å². The van der Waals surface area contributed by atoms with E-state index in [1.165, 1.54) is 0 Å². The Bertz CT molecular complexity index is 537. The predicted octanol–water partition coefficient (Wildman–Crippen LogP) is 3.35. The van der Waals surface area contributed by atoms with Gasteiger partial charge in [-0.15, -0.1) is 0 Å². The zero-order valence-corrected chi connectivity index (χ0v) is 11.4. The number of carboxylic acid groups (broad SMARTS) is 1. The van der Waals surface area contributed by atoms with Crippen LogP contribution in [0.2, 0.25) is 5.02 Å². The molecule has 0 saturated heterocycles. The quantitative estimate of drug-likeness (QED) is 0.920. The lowest BCUT2D eigenvalue weighted by atomic mass is 9.87. The third-order valence-corrected chi connectivity index (χ3v) is 4.17. The lowest BCUT2D eigenvalue weighted by Crippen LogP contribution is -2.10. The fourth-order valence-corrected chi connectivity index (χ4v) is 3.21. The first-order valence-corrected chi connectivity index (χ1v) is 6.76. The van der Waals surface area contributed by atoms with Crippen molar-refractivity contribution in [2.24, 2.45) is 5.92 Å². The summed E-state index contributed by atoms with van der Waals surface area (Å²) in [4.78, 5) is 11.1. The minimum absolute atomic E-state index is 0.0282. The predicted molar refractivity (Wildman–Crippen MR) is 70.0 cm³/mol. The van der Waals surface area contributed by atoms with Crippen molar-refractivity contribution in [3.8, 4) is 11.5 Å². The molecule has 0 spiro atoms. The van der Waals surface area contributed by atoms with Gasteiger partial charge in [0.1, 0.15) is 0 Å². The van der Waals surface area contributed by atoms with E-state index in [0.717, 1.165) is 24.0 Å². The van der Waals surface area contributed by atoms with Crippen LogP contribution in [-0.4, -0.2) is 17.9 Å². The molecule has 1 fully saturated rings. The molecule has 1 aromatic carbocycles. The maximum Gasteiger partial charge on any atom is 0.303 e. The molecular weight excluding hydrogens is 268 g/mol. The van der Waals surface area contributed by atoms with E-state index >= 15 is 0 Å². The Balaban J connectivity index is 2.05. The highest BCUT2D eigenvalue weighted by atomic mass is 35.5. The Morgan fingerprint density at radius 1 is 1.53 bits per heavy atom. The topological polar surface area (TPSA) is 55.8 Å². The van der Waals surface area contributed by atoms with Crippen molar-refractivity contribution in [3.05, 3.63) is 22.2 Å². The first kappa shape index (κ1) is 12.6. The first-order chi connectivity index (χ1) is 9.08. The molecule has 1 atom stereocenters. The van der Waals surface area contributed by atoms with Gasteiger partial charge in [0.25, 0.3) is 0 Å². The Hall–Kier alpha value is -1.42. The van der Waals surface area contributed by atoms with Crippen LogP contribution in [-0.2, 0) is 4.79 Å². The highest BCUT2D eigenvalue weighted by Crippen LogP contribution is 2.51. The molecule has 0 bridgehead atoms. The van der Waals surface area contributed by atoms with Gasteiger partial charge in [-0.3, -0.25) is 4.79 Å². The molecule has 1 N–H and O–H groups in total. The average Bonchev–Trinajstić information content (AvgIpc) is 3.07. The van der Waals surface area contributed by atoms with E-state index in [0.29, 0.717) is 22.4 Å². The van der Waals surface area contributed by atoms with Gasteiger partial charge in [-0.1, -0.05) is 11.6 Å². The molecule has 2 aliphatic rings. The van der Waals surface area contributed by atoms with Crippen LogP contribution in [0.25, 0.3) is 0 Å². The second kappa shape index (κ2) is 4.60. The minimum atomic E-state index is -0.787. The lowest BCUT2D eigenvalue weighted by Gasteiger charge is -2.20. The van der Waals surface area contributed by atoms with E-state index in [9.17, 15) is 4.79 Å². The van der Waals surface area contributed by atoms with Crippen LogP contribution in [0.3, 0.4) is 0 Å². The number of hydrogen-bond donors (Lipinski definition) is 1. The van der Waals surface area contributed by atoms with Crippen LogP contribution >= 0.6 is 11.6 Å². The molecule has 1 aliphatic carbocycles. The maximum absolute atomic E-state index is 11.1. The normalized spacial score (nSPS) is 18.4. The van der Waals surface area contributed by atoms with Gasteiger partial charge >= 0.3 is 5.97 Å². The Morgan fingerprint density at radius 2 is 2.26 bits per heavy atom. The summed E-state index contributed by atoms with van der Waals surface area (Å²) in [5.41, 5.74) is 1.83. The number of aliphatic carboxylic acids is 1. The van der Waals surface area contributed by atoms with Crippen LogP contribution in [0.1, 0.15) is 36.3 Å². The Kier molecular flexibility index (Phi) is 3.05. The fourth-order valence-electron chi connectivity index (χ4n) is 2.83. The van der Waals surface area contributed by atoms with Gasteiger partial charge in [-0.2, -0.15) is 0 Å². The standard InChI is InChI=1S/C14H15ClO4/c1-7-13(9(4-12(16)17)8-2-3-8)10(15)5-11-14(7)19-6-18-11/h5,8-9H,2-4,6H2,1H3,(H,16,17). The molecule has 1 aromatic rings. The average molecular weight is 283 g/mol. The molecule has 3 rings (SSSR count). The second-order valence-electron chi connectivity index (χ2n) is 5.17. The summed E-state index contributed by atoms with van der Waals surface area (Å²) in [7, 11) is 0. The third-order valence-electron chi connectivity index (χ3n) is 3.86. The fraction of sp³-hybridized carbons (Fsp3) is 0.500. The highest BCUT2D eigenvalue weighted by Gasteiger charge is 2.37. The molecule has 1 heterocycles. The molecular formula is C14H15ClO4. The van der Waals surface area contributed by atoms with Crippen LogP contribution < -0.4 is 9.47 Å². The number of halogens is 1. The zero-order valence-electron chi connectivity index (χ0n) is 10.6. The molecule has 0 aromatic heterocycles. The number of fused-ring (bicyclic) bond motifs is 1. The van der Waals surface area contributed by atoms with E-state index in [-0.39, 0.29) is 19.1 Å². The smallest absolute Gasteiger partial charge is 0.303 e. The van der Waals surface area contributed by atoms with E-state index in [2.05, 4.69) is 0 Å². The first-order valence-electron chi connectivity index (χ1n) is 6.38. The number of benzene rings is 1.